The van der Waals surface area contributed by atoms with Gasteiger partial charge in [-0.2, -0.15) is 0 Å². The lowest BCUT2D eigenvalue weighted by Gasteiger charge is -2.45. The number of non-ortho nitro benzene ring substituents is 1. The third-order valence-electron chi connectivity index (χ3n) is 5.44. The highest BCUT2D eigenvalue weighted by atomic mass is 32.2. The van der Waals surface area contributed by atoms with E-state index in [-0.39, 0.29) is 52.9 Å². The maximum Gasteiger partial charge on any atom is 0.269 e. The largest absolute Gasteiger partial charge is 0.306 e. The highest BCUT2D eigenvalue weighted by Crippen LogP contribution is 2.33. The number of hydrogen-bond donors (Lipinski definition) is 1. The first-order valence-corrected chi connectivity index (χ1v) is 11.9. The first-order chi connectivity index (χ1) is 12.1. The smallest absolute Gasteiger partial charge is 0.269 e. The summed E-state index contributed by atoms with van der Waals surface area (Å²) in [6.45, 7) is 0.368. The number of benzene rings is 1. The number of nitrogens with zero attached hydrogens (tertiary/aromatic N) is 2. The molecular weight excluding hydrogens is 382 g/mol. The number of nitro groups is 1. The minimum absolute atomic E-state index is 0.000908. The zero-order valence-corrected chi connectivity index (χ0v) is 15.4. The molecule has 1 N–H and O–H groups in total. The minimum Gasteiger partial charge on any atom is -0.306 e. The van der Waals surface area contributed by atoms with Crippen molar-refractivity contribution in [3.05, 3.63) is 39.9 Å². The van der Waals surface area contributed by atoms with Crippen molar-refractivity contribution in [2.75, 3.05) is 23.0 Å². The molecule has 11 heteroatoms. The molecule has 4 rings (SSSR count). The fourth-order valence-corrected chi connectivity index (χ4v) is 8.21. The van der Waals surface area contributed by atoms with Crippen LogP contribution in [0.15, 0.2) is 24.3 Å². The SMILES string of the molecule is O=[N+]([O-])c1ccc(CN2[C@@H]3CS(=O)(=O)C[C@@H]3N[C@@H]3CS(=O)(=O)C[C@H]32)cc1. The molecule has 0 amide bonds. The lowest BCUT2D eigenvalue weighted by molar-refractivity contribution is -0.384. The molecule has 0 radical (unpaired) electrons. The lowest BCUT2D eigenvalue weighted by atomic mass is 9.96. The van der Waals surface area contributed by atoms with E-state index in [2.05, 4.69) is 5.32 Å². The van der Waals surface area contributed by atoms with Crippen LogP contribution in [0.4, 0.5) is 5.69 Å². The van der Waals surface area contributed by atoms with Crippen molar-refractivity contribution in [3.8, 4) is 0 Å². The van der Waals surface area contributed by atoms with E-state index in [4.69, 9.17) is 0 Å². The standard InChI is InChI=1S/C15H19N3O6S2/c19-18(20)11-3-1-10(2-4-11)5-17-14-8-25(21,22)6-12(14)16-13-7-26(23,24)9-15(13)17/h1-4,12-16H,5-9H2/t12-,13+,14-,15-/m1/s1. The molecule has 3 aliphatic heterocycles. The van der Waals surface area contributed by atoms with Crippen LogP contribution >= 0.6 is 0 Å². The summed E-state index contributed by atoms with van der Waals surface area (Å²) < 4.78 is 48.4. The monoisotopic (exact) mass is 401 g/mol. The van der Waals surface area contributed by atoms with Crippen molar-refractivity contribution in [2.45, 2.75) is 30.7 Å². The number of piperazine rings is 1. The first-order valence-electron chi connectivity index (χ1n) is 8.29. The second-order valence-corrected chi connectivity index (χ2v) is 11.6. The van der Waals surface area contributed by atoms with Crippen LogP contribution in [0.5, 0.6) is 0 Å². The Hall–Kier alpha value is -1.56. The normalized spacial score (nSPS) is 34.9. The van der Waals surface area contributed by atoms with E-state index >= 15 is 0 Å². The van der Waals surface area contributed by atoms with Crippen molar-refractivity contribution in [3.63, 3.8) is 0 Å². The summed E-state index contributed by atoms with van der Waals surface area (Å²) >= 11 is 0. The van der Waals surface area contributed by atoms with Crippen molar-refractivity contribution in [1.82, 2.24) is 10.2 Å². The van der Waals surface area contributed by atoms with E-state index in [1.165, 1.54) is 12.1 Å². The second kappa shape index (κ2) is 5.98. The average molecular weight is 401 g/mol. The number of rotatable bonds is 3. The van der Waals surface area contributed by atoms with Crippen LogP contribution in [0.3, 0.4) is 0 Å². The Morgan fingerprint density at radius 3 is 1.92 bits per heavy atom. The molecule has 0 unspecified atom stereocenters. The van der Waals surface area contributed by atoms with Gasteiger partial charge in [-0.15, -0.1) is 0 Å². The van der Waals surface area contributed by atoms with Crippen molar-refractivity contribution in [1.29, 1.82) is 0 Å². The van der Waals surface area contributed by atoms with Gasteiger partial charge in [0.05, 0.1) is 27.9 Å². The Kier molecular flexibility index (Phi) is 4.10. The average Bonchev–Trinajstić information content (AvgIpc) is 3.01. The number of hydrogen-bond acceptors (Lipinski definition) is 8. The van der Waals surface area contributed by atoms with Crippen molar-refractivity contribution < 1.29 is 21.8 Å². The van der Waals surface area contributed by atoms with Crippen LogP contribution in [0, 0.1) is 10.1 Å². The molecule has 9 nitrogen and oxygen atoms in total. The topological polar surface area (TPSA) is 127 Å². The second-order valence-electron chi connectivity index (χ2n) is 7.26. The third-order valence-corrected chi connectivity index (χ3v) is 8.87. The van der Waals surface area contributed by atoms with E-state index < -0.39 is 24.6 Å². The van der Waals surface area contributed by atoms with Gasteiger partial charge in [0.2, 0.25) is 0 Å². The van der Waals surface area contributed by atoms with Crippen molar-refractivity contribution in [2.24, 2.45) is 0 Å². The minimum atomic E-state index is -3.17. The highest BCUT2D eigenvalue weighted by Gasteiger charge is 2.53. The van der Waals surface area contributed by atoms with Gasteiger partial charge in [0.25, 0.3) is 5.69 Å². The molecule has 0 aromatic heterocycles. The van der Waals surface area contributed by atoms with E-state index in [9.17, 15) is 26.9 Å². The molecule has 4 atom stereocenters. The van der Waals surface area contributed by atoms with Crippen LogP contribution in [-0.4, -0.2) is 73.8 Å². The maximum absolute atomic E-state index is 12.1. The van der Waals surface area contributed by atoms with Crippen LogP contribution in [0.25, 0.3) is 0 Å². The maximum atomic E-state index is 12.1. The predicted octanol–water partition coefficient (Wildman–Crippen LogP) is -0.669. The Bertz CT molecular complexity index is 896. The fourth-order valence-electron chi connectivity index (χ4n) is 4.32. The van der Waals surface area contributed by atoms with Crippen LogP contribution in [-0.2, 0) is 26.2 Å². The molecule has 1 aromatic rings. The predicted molar refractivity (Wildman–Crippen MR) is 94.2 cm³/mol. The van der Waals surface area contributed by atoms with Gasteiger partial charge in [0.15, 0.2) is 19.7 Å². The van der Waals surface area contributed by atoms with Crippen LogP contribution < -0.4 is 5.32 Å². The molecule has 0 saturated carbocycles. The molecule has 0 aliphatic carbocycles. The molecular formula is C15H19N3O6S2. The molecule has 1 aromatic carbocycles. The molecule has 26 heavy (non-hydrogen) atoms. The number of nitrogens with one attached hydrogen (secondary N) is 1. The molecule has 0 bridgehead atoms. The summed E-state index contributed by atoms with van der Waals surface area (Å²) in [5.41, 5.74) is 0.778. The summed E-state index contributed by atoms with van der Waals surface area (Å²) in [5.74, 6) is 0.0250. The summed E-state index contributed by atoms with van der Waals surface area (Å²) in [5, 5.41) is 14.0. The molecule has 142 valence electrons. The van der Waals surface area contributed by atoms with Gasteiger partial charge in [-0.1, -0.05) is 12.1 Å². The van der Waals surface area contributed by atoms with Crippen LogP contribution in [0.2, 0.25) is 0 Å². The van der Waals surface area contributed by atoms with E-state index in [0.29, 0.717) is 6.54 Å². The Labute approximate surface area is 151 Å². The fraction of sp³-hybridized carbons (Fsp3) is 0.600. The summed E-state index contributed by atoms with van der Waals surface area (Å²) in [6.07, 6.45) is 0. The van der Waals surface area contributed by atoms with Gasteiger partial charge < -0.3 is 5.32 Å². The quantitative estimate of drug-likeness (QED) is 0.522. The van der Waals surface area contributed by atoms with Gasteiger partial charge in [0.1, 0.15) is 0 Å². The van der Waals surface area contributed by atoms with E-state index in [0.717, 1.165) is 5.56 Å². The number of sulfone groups is 2. The van der Waals surface area contributed by atoms with Gasteiger partial charge in [-0.3, -0.25) is 15.0 Å². The zero-order valence-electron chi connectivity index (χ0n) is 13.8. The highest BCUT2D eigenvalue weighted by molar-refractivity contribution is 7.92. The lowest BCUT2D eigenvalue weighted by Crippen LogP contribution is -2.66. The molecule has 3 aliphatic rings. The van der Waals surface area contributed by atoms with Gasteiger partial charge in [-0.05, 0) is 5.56 Å². The Morgan fingerprint density at radius 1 is 0.962 bits per heavy atom. The number of nitro benzene ring substituents is 1. The summed E-state index contributed by atoms with van der Waals surface area (Å²) in [6, 6.07) is 4.94. The molecule has 0 spiro atoms. The van der Waals surface area contributed by atoms with E-state index in [1.807, 2.05) is 4.90 Å². The number of fused-ring (bicyclic) bond motifs is 2. The van der Waals surface area contributed by atoms with Gasteiger partial charge in [-0.25, -0.2) is 16.8 Å². The first kappa shape index (κ1) is 17.8. The van der Waals surface area contributed by atoms with Crippen LogP contribution in [0.1, 0.15) is 5.56 Å². The molecule has 3 saturated heterocycles. The molecule has 3 heterocycles. The summed E-state index contributed by atoms with van der Waals surface area (Å²) in [4.78, 5) is 12.3. The van der Waals surface area contributed by atoms with E-state index in [1.54, 1.807) is 12.1 Å². The third kappa shape index (κ3) is 3.24. The van der Waals surface area contributed by atoms with Gasteiger partial charge >= 0.3 is 0 Å². The zero-order chi connectivity index (χ0) is 18.7. The Morgan fingerprint density at radius 2 is 1.46 bits per heavy atom. The van der Waals surface area contributed by atoms with Crippen molar-refractivity contribution >= 4 is 25.4 Å². The van der Waals surface area contributed by atoms with Gasteiger partial charge in [0, 0.05) is 42.8 Å². The Balaban J connectivity index is 1.64. The molecule has 3 fully saturated rings. The summed E-state index contributed by atoms with van der Waals surface area (Å²) in [7, 11) is -6.35.